The van der Waals surface area contributed by atoms with Crippen molar-refractivity contribution < 1.29 is 4.42 Å². The molecule has 2 unspecified atom stereocenters. The van der Waals surface area contributed by atoms with Gasteiger partial charge in [0, 0.05) is 5.39 Å². The molecule has 3 nitrogen and oxygen atoms in total. The van der Waals surface area contributed by atoms with E-state index in [1.807, 2.05) is 12.1 Å². The molecule has 5 rings (SSSR count). The third kappa shape index (κ3) is 2.40. The summed E-state index contributed by atoms with van der Waals surface area (Å²) >= 11 is 0. The second-order valence-electron chi connectivity index (χ2n) is 6.79. The average molecular weight is 340 g/mol. The van der Waals surface area contributed by atoms with Crippen LogP contribution in [0.2, 0.25) is 0 Å². The molecule has 1 aromatic heterocycles. The van der Waals surface area contributed by atoms with Crippen LogP contribution >= 0.6 is 0 Å². The molecule has 0 spiro atoms. The zero-order valence-electron chi connectivity index (χ0n) is 14.6. The molecule has 3 heteroatoms. The van der Waals surface area contributed by atoms with Gasteiger partial charge in [-0.3, -0.25) is 5.32 Å². The van der Waals surface area contributed by atoms with E-state index in [1.165, 1.54) is 11.1 Å². The van der Waals surface area contributed by atoms with Gasteiger partial charge in [-0.1, -0.05) is 72.8 Å². The van der Waals surface area contributed by atoms with Crippen molar-refractivity contribution in [2.75, 3.05) is 5.32 Å². The second-order valence-corrected chi connectivity index (χ2v) is 6.79. The van der Waals surface area contributed by atoms with Crippen LogP contribution in [-0.2, 0) is 0 Å². The average Bonchev–Trinajstić information content (AvgIpc) is 3.09. The van der Waals surface area contributed by atoms with Gasteiger partial charge in [0.25, 0.3) is 0 Å². The number of rotatable bonds is 2. The van der Waals surface area contributed by atoms with Crippen LogP contribution in [-0.4, -0.2) is 0 Å². The molecule has 1 aliphatic heterocycles. The fraction of sp³-hybridized carbons (Fsp3) is 0.130. The number of fused-ring (bicyclic) bond motifs is 3. The molecule has 2 heterocycles. The van der Waals surface area contributed by atoms with Crippen molar-refractivity contribution in [3.05, 3.63) is 101 Å². The predicted molar refractivity (Wildman–Crippen MR) is 105 cm³/mol. The largest absolute Gasteiger partial charge is 0.456 e. The van der Waals surface area contributed by atoms with Gasteiger partial charge in [-0.05, 0) is 29.7 Å². The Bertz CT molecular complexity index is 1050. The molecular formula is C23H20N2O. The lowest BCUT2D eigenvalue weighted by molar-refractivity contribution is 0.422. The van der Waals surface area contributed by atoms with Gasteiger partial charge >= 0.3 is 0 Å². The minimum Gasteiger partial charge on any atom is -0.456 e. The number of anilines is 1. The van der Waals surface area contributed by atoms with Crippen LogP contribution < -0.4 is 10.6 Å². The fourth-order valence-corrected chi connectivity index (χ4v) is 3.78. The maximum absolute atomic E-state index is 6.35. The van der Waals surface area contributed by atoms with Crippen LogP contribution in [0.25, 0.3) is 11.0 Å². The summed E-state index contributed by atoms with van der Waals surface area (Å²) in [5, 5.41) is 8.52. The molecule has 3 aromatic carbocycles. The van der Waals surface area contributed by atoms with E-state index in [4.69, 9.17) is 4.42 Å². The topological polar surface area (TPSA) is 37.2 Å². The first-order valence-electron chi connectivity index (χ1n) is 8.96. The van der Waals surface area contributed by atoms with E-state index in [2.05, 4.69) is 84.3 Å². The van der Waals surface area contributed by atoms with Gasteiger partial charge in [-0.2, -0.15) is 0 Å². The maximum atomic E-state index is 6.35. The van der Waals surface area contributed by atoms with E-state index in [1.54, 1.807) is 0 Å². The van der Waals surface area contributed by atoms with Crippen LogP contribution in [0.5, 0.6) is 0 Å². The first-order valence-corrected chi connectivity index (χ1v) is 8.96. The molecule has 4 aromatic rings. The minimum absolute atomic E-state index is 0.00413. The lowest BCUT2D eigenvalue weighted by atomic mass is 9.98. The summed E-state index contributed by atoms with van der Waals surface area (Å²) in [5.41, 5.74) is 5.61. The first kappa shape index (κ1) is 15.2. The molecule has 0 fully saturated rings. The molecule has 0 saturated carbocycles. The number of para-hydroxylation sites is 1. The van der Waals surface area contributed by atoms with Crippen LogP contribution in [0.4, 0.5) is 5.69 Å². The molecule has 128 valence electrons. The molecule has 0 aliphatic carbocycles. The zero-order valence-corrected chi connectivity index (χ0v) is 14.6. The predicted octanol–water partition coefficient (Wildman–Crippen LogP) is 5.54. The summed E-state index contributed by atoms with van der Waals surface area (Å²) in [6.07, 6.45) is 0.0234. The fourth-order valence-electron chi connectivity index (χ4n) is 3.78. The molecule has 0 radical (unpaired) electrons. The van der Waals surface area contributed by atoms with Gasteiger partial charge in [-0.15, -0.1) is 0 Å². The Labute approximate surface area is 152 Å². The monoisotopic (exact) mass is 340 g/mol. The summed E-state index contributed by atoms with van der Waals surface area (Å²) < 4.78 is 6.35. The Morgan fingerprint density at radius 2 is 1.46 bits per heavy atom. The van der Waals surface area contributed by atoms with E-state index in [0.29, 0.717) is 0 Å². The lowest BCUT2D eigenvalue weighted by Crippen LogP contribution is -2.36. The Morgan fingerprint density at radius 1 is 0.769 bits per heavy atom. The molecule has 2 N–H and O–H groups in total. The van der Waals surface area contributed by atoms with Crippen LogP contribution in [0.3, 0.4) is 0 Å². The van der Waals surface area contributed by atoms with Crippen molar-refractivity contribution in [1.29, 1.82) is 0 Å². The van der Waals surface area contributed by atoms with Crippen LogP contribution in [0.15, 0.2) is 83.3 Å². The Balaban J connectivity index is 1.70. The zero-order chi connectivity index (χ0) is 17.5. The number of nitrogens with one attached hydrogen (secondary N) is 2. The molecule has 26 heavy (non-hydrogen) atoms. The van der Waals surface area contributed by atoms with E-state index < -0.39 is 0 Å². The highest BCUT2D eigenvalue weighted by Gasteiger charge is 2.32. The summed E-state index contributed by atoms with van der Waals surface area (Å²) in [6.45, 7) is 2.09. The SMILES string of the molecule is Cc1cccc2c3c(oc12)C(c1ccccc1)NC(c1ccccc1)N3. The molecule has 2 atom stereocenters. The molecule has 0 amide bonds. The van der Waals surface area contributed by atoms with Gasteiger partial charge in [0.15, 0.2) is 0 Å². The normalized spacial score (nSPS) is 19.1. The Hall–Kier alpha value is -3.04. The maximum Gasteiger partial charge on any atom is 0.149 e. The van der Waals surface area contributed by atoms with E-state index >= 15 is 0 Å². The Morgan fingerprint density at radius 3 is 2.19 bits per heavy atom. The molecule has 0 bridgehead atoms. The van der Waals surface area contributed by atoms with Crippen molar-refractivity contribution in [3.63, 3.8) is 0 Å². The van der Waals surface area contributed by atoms with E-state index in [-0.39, 0.29) is 12.2 Å². The van der Waals surface area contributed by atoms with Crippen LogP contribution in [0.1, 0.15) is 34.7 Å². The standard InChI is InChI=1S/C23H20N2O/c1-15-9-8-14-18-20-22(26-21(15)18)19(16-10-4-2-5-11-16)24-23(25-20)17-12-6-3-7-13-17/h2-14,19,23-25H,1H3. The van der Waals surface area contributed by atoms with Gasteiger partial charge in [0.2, 0.25) is 0 Å². The molecule has 0 saturated heterocycles. The lowest BCUT2D eigenvalue weighted by Gasteiger charge is -2.32. The van der Waals surface area contributed by atoms with Crippen molar-refractivity contribution in [3.8, 4) is 0 Å². The van der Waals surface area contributed by atoms with Gasteiger partial charge < -0.3 is 9.73 Å². The molecule has 1 aliphatic rings. The van der Waals surface area contributed by atoms with Crippen molar-refractivity contribution >= 4 is 16.7 Å². The van der Waals surface area contributed by atoms with Gasteiger partial charge in [0.1, 0.15) is 17.5 Å². The van der Waals surface area contributed by atoms with Crippen molar-refractivity contribution in [2.45, 2.75) is 19.1 Å². The quantitative estimate of drug-likeness (QED) is 0.503. The van der Waals surface area contributed by atoms with Gasteiger partial charge in [-0.25, -0.2) is 0 Å². The summed E-state index contributed by atoms with van der Waals surface area (Å²) in [6, 6.07) is 27.3. The third-order valence-electron chi connectivity index (χ3n) is 5.09. The summed E-state index contributed by atoms with van der Waals surface area (Å²) in [4.78, 5) is 0. The second kappa shape index (κ2) is 6.04. The van der Waals surface area contributed by atoms with Crippen molar-refractivity contribution in [2.24, 2.45) is 0 Å². The number of furan rings is 1. The number of aryl methyl sites for hydroxylation is 1. The first-order chi connectivity index (χ1) is 12.8. The number of benzene rings is 3. The summed E-state index contributed by atoms with van der Waals surface area (Å²) in [5.74, 6) is 0.952. The van der Waals surface area contributed by atoms with Gasteiger partial charge in [0.05, 0.1) is 11.7 Å². The third-order valence-corrected chi connectivity index (χ3v) is 5.09. The van der Waals surface area contributed by atoms with E-state index in [9.17, 15) is 0 Å². The Kier molecular flexibility index (Phi) is 3.54. The van der Waals surface area contributed by atoms with Crippen LogP contribution in [0, 0.1) is 6.92 Å². The highest BCUT2D eigenvalue weighted by atomic mass is 16.3. The highest BCUT2D eigenvalue weighted by molar-refractivity contribution is 5.95. The van der Waals surface area contributed by atoms with Crippen molar-refractivity contribution in [1.82, 2.24) is 5.32 Å². The summed E-state index contributed by atoms with van der Waals surface area (Å²) in [7, 11) is 0. The number of hydrogen-bond donors (Lipinski definition) is 2. The smallest absolute Gasteiger partial charge is 0.149 e. The number of hydrogen-bond acceptors (Lipinski definition) is 3. The van der Waals surface area contributed by atoms with E-state index in [0.717, 1.165) is 28.0 Å². The highest BCUT2D eigenvalue weighted by Crippen LogP contribution is 2.43. The minimum atomic E-state index is 0.00413. The molecular weight excluding hydrogens is 320 g/mol.